The molecule has 1 aromatic carbocycles. The van der Waals surface area contributed by atoms with Gasteiger partial charge in [0.05, 0.1) is 12.1 Å². The van der Waals surface area contributed by atoms with Crippen molar-refractivity contribution in [3.8, 4) is 6.07 Å². The zero-order valence-corrected chi connectivity index (χ0v) is 9.82. The zero-order chi connectivity index (χ0) is 11.4. The third kappa shape index (κ3) is 2.25. The minimum atomic E-state index is 0.0751. The molecule has 1 atom stereocenters. The van der Waals surface area contributed by atoms with Crippen LogP contribution < -0.4 is 0 Å². The molecule has 0 spiro atoms. The third-order valence-electron chi connectivity index (χ3n) is 3.36. The second kappa shape index (κ2) is 5.14. The molecule has 0 aliphatic carbocycles. The fourth-order valence-electron chi connectivity index (χ4n) is 2.42. The molecule has 1 aromatic rings. The van der Waals surface area contributed by atoms with Crippen molar-refractivity contribution < 1.29 is 0 Å². The van der Waals surface area contributed by atoms with Crippen LogP contribution in [0.1, 0.15) is 30.9 Å². The summed E-state index contributed by atoms with van der Waals surface area (Å²) in [6.45, 7) is 4.06. The smallest absolute Gasteiger partial charge is 0.0978 e. The molecule has 0 aromatic heterocycles. The summed E-state index contributed by atoms with van der Waals surface area (Å²) in [4.78, 5) is 2.31. The second-order valence-electron chi connectivity index (χ2n) is 4.40. The molecule has 16 heavy (non-hydrogen) atoms. The first kappa shape index (κ1) is 11.2. The predicted octanol–water partition coefficient (Wildman–Crippen LogP) is 2.74. The maximum absolute atomic E-state index is 9.13. The normalized spacial score (nSPS) is 18.2. The highest BCUT2D eigenvalue weighted by molar-refractivity contribution is 5.28. The molecule has 1 aliphatic heterocycles. The lowest BCUT2D eigenvalue weighted by molar-refractivity contribution is 0.224. The monoisotopic (exact) mass is 214 g/mol. The van der Waals surface area contributed by atoms with Crippen molar-refractivity contribution in [3.05, 3.63) is 35.4 Å². The minimum Gasteiger partial charge on any atom is -0.284 e. The van der Waals surface area contributed by atoms with Gasteiger partial charge < -0.3 is 0 Å². The van der Waals surface area contributed by atoms with Gasteiger partial charge in [-0.15, -0.1) is 0 Å². The first-order chi connectivity index (χ1) is 7.85. The fraction of sp³-hybridized carbons (Fsp3) is 0.500. The number of aryl methyl sites for hydroxylation is 1. The Morgan fingerprint density at radius 1 is 1.38 bits per heavy atom. The van der Waals surface area contributed by atoms with E-state index in [4.69, 9.17) is 5.26 Å². The highest BCUT2D eigenvalue weighted by Gasteiger charge is 2.19. The maximum Gasteiger partial charge on any atom is 0.0978 e. The van der Waals surface area contributed by atoms with Crippen LogP contribution in [0.15, 0.2) is 24.3 Å². The highest BCUT2D eigenvalue weighted by atomic mass is 15.1. The lowest BCUT2D eigenvalue weighted by Crippen LogP contribution is -2.33. The van der Waals surface area contributed by atoms with E-state index in [1.807, 2.05) is 0 Å². The summed E-state index contributed by atoms with van der Waals surface area (Å²) in [5, 5.41) is 9.13. The SMILES string of the molecule is CCC(C#N)N1CCCc2ccccc2C1. The van der Waals surface area contributed by atoms with E-state index in [0.717, 1.165) is 32.4 Å². The molecule has 1 unspecified atom stereocenters. The van der Waals surface area contributed by atoms with E-state index in [1.54, 1.807) is 0 Å². The number of benzene rings is 1. The van der Waals surface area contributed by atoms with Crippen molar-refractivity contribution in [1.82, 2.24) is 4.90 Å². The van der Waals surface area contributed by atoms with Crippen molar-refractivity contribution in [2.75, 3.05) is 6.54 Å². The van der Waals surface area contributed by atoms with Gasteiger partial charge in [-0.25, -0.2) is 0 Å². The quantitative estimate of drug-likeness (QED) is 0.757. The number of rotatable bonds is 2. The summed E-state index contributed by atoms with van der Waals surface area (Å²) in [5.74, 6) is 0. The Morgan fingerprint density at radius 3 is 2.81 bits per heavy atom. The van der Waals surface area contributed by atoms with E-state index in [-0.39, 0.29) is 6.04 Å². The van der Waals surface area contributed by atoms with Gasteiger partial charge in [0.15, 0.2) is 0 Å². The van der Waals surface area contributed by atoms with E-state index in [1.165, 1.54) is 11.1 Å². The van der Waals surface area contributed by atoms with Crippen molar-refractivity contribution in [1.29, 1.82) is 5.26 Å². The first-order valence-electron chi connectivity index (χ1n) is 6.05. The molecule has 0 fully saturated rings. The average molecular weight is 214 g/mol. The molecule has 0 saturated carbocycles. The summed E-state index contributed by atoms with van der Waals surface area (Å²) in [6, 6.07) is 11.1. The van der Waals surface area contributed by atoms with Crippen LogP contribution in [-0.4, -0.2) is 17.5 Å². The molecular weight excluding hydrogens is 196 g/mol. The predicted molar refractivity (Wildman–Crippen MR) is 64.9 cm³/mol. The van der Waals surface area contributed by atoms with Crippen molar-refractivity contribution in [2.24, 2.45) is 0 Å². The molecule has 2 nitrogen and oxygen atoms in total. The molecule has 0 radical (unpaired) electrons. The van der Waals surface area contributed by atoms with E-state index in [9.17, 15) is 0 Å². The topological polar surface area (TPSA) is 27.0 Å². The van der Waals surface area contributed by atoms with Gasteiger partial charge in [-0.3, -0.25) is 4.90 Å². The average Bonchev–Trinajstić information content (AvgIpc) is 2.53. The Hall–Kier alpha value is -1.33. The molecule has 0 saturated heterocycles. The maximum atomic E-state index is 9.13. The van der Waals surface area contributed by atoms with Crippen LogP contribution >= 0.6 is 0 Å². The number of fused-ring (bicyclic) bond motifs is 1. The Bertz CT molecular complexity index is 392. The van der Waals surface area contributed by atoms with Gasteiger partial charge in [0.1, 0.15) is 0 Å². The Kier molecular flexibility index (Phi) is 3.58. The summed E-state index contributed by atoms with van der Waals surface area (Å²) in [6.07, 6.45) is 3.22. The summed E-state index contributed by atoms with van der Waals surface area (Å²) in [7, 11) is 0. The summed E-state index contributed by atoms with van der Waals surface area (Å²) < 4.78 is 0. The van der Waals surface area contributed by atoms with Crippen LogP contribution in [0, 0.1) is 11.3 Å². The van der Waals surface area contributed by atoms with Gasteiger partial charge >= 0.3 is 0 Å². The molecule has 0 N–H and O–H groups in total. The van der Waals surface area contributed by atoms with Crippen molar-refractivity contribution >= 4 is 0 Å². The summed E-state index contributed by atoms with van der Waals surface area (Å²) in [5.41, 5.74) is 2.85. The van der Waals surface area contributed by atoms with Crippen LogP contribution in [0.4, 0.5) is 0 Å². The zero-order valence-electron chi connectivity index (χ0n) is 9.82. The molecule has 84 valence electrons. The van der Waals surface area contributed by atoms with E-state index < -0.39 is 0 Å². The van der Waals surface area contributed by atoms with Crippen LogP contribution in [0.5, 0.6) is 0 Å². The largest absolute Gasteiger partial charge is 0.284 e. The lowest BCUT2D eigenvalue weighted by atomic mass is 10.0. The van der Waals surface area contributed by atoms with Gasteiger partial charge in [0.2, 0.25) is 0 Å². The van der Waals surface area contributed by atoms with Crippen LogP contribution in [0.2, 0.25) is 0 Å². The lowest BCUT2D eigenvalue weighted by Gasteiger charge is -2.24. The number of hydrogen-bond donors (Lipinski definition) is 0. The van der Waals surface area contributed by atoms with Gasteiger partial charge in [0, 0.05) is 13.1 Å². The molecular formula is C14H18N2. The number of nitrogens with zero attached hydrogens (tertiary/aromatic N) is 2. The first-order valence-corrected chi connectivity index (χ1v) is 6.05. The Labute approximate surface area is 97.5 Å². The summed E-state index contributed by atoms with van der Waals surface area (Å²) >= 11 is 0. The van der Waals surface area contributed by atoms with E-state index in [0.29, 0.717) is 0 Å². The van der Waals surface area contributed by atoms with Crippen molar-refractivity contribution in [3.63, 3.8) is 0 Å². The van der Waals surface area contributed by atoms with E-state index >= 15 is 0 Å². The van der Waals surface area contributed by atoms with Crippen LogP contribution in [0.25, 0.3) is 0 Å². The molecule has 1 aliphatic rings. The fourth-order valence-corrected chi connectivity index (χ4v) is 2.42. The Morgan fingerprint density at radius 2 is 2.12 bits per heavy atom. The van der Waals surface area contributed by atoms with Crippen LogP contribution in [-0.2, 0) is 13.0 Å². The Balaban J connectivity index is 2.20. The number of nitriles is 1. The standard InChI is InChI=1S/C14H18N2/c1-2-14(10-15)16-9-5-8-12-6-3-4-7-13(12)11-16/h3-4,6-7,14H,2,5,8-9,11H2,1H3. The molecule has 0 bridgehead atoms. The second-order valence-corrected chi connectivity index (χ2v) is 4.40. The third-order valence-corrected chi connectivity index (χ3v) is 3.36. The minimum absolute atomic E-state index is 0.0751. The van der Waals surface area contributed by atoms with Gasteiger partial charge in [-0.1, -0.05) is 31.2 Å². The number of hydrogen-bond acceptors (Lipinski definition) is 2. The van der Waals surface area contributed by atoms with Gasteiger partial charge in [-0.05, 0) is 30.4 Å². The van der Waals surface area contributed by atoms with Gasteiger partial charge in [-0.2, -0.15) is 5.26 Å². The molecule has 0 amide bonds. The highest BCUT2D eigenvalue weighted by Crippen LogP contribution is 2.20. The van der Waals surface area contributed by atoms with E-state index in [2.05, 4.69) is 42.2 Å². The van der Waals surface area contributed by atoms with Crippen LogP contribution in [0.3, 0.4) is 0 Å². The van der Waals surface area contributed by atoms with Crippen molar-refractivity contribution in [2.45, 2.75) is 38.8 Å². The molecule has 1 heterocycles. The van der Waals surface area contributed by atoms with Gasteiger partial charge in [0.25, 0.3) is 0 Å². The molecule has 2 heteroatoms. The molecule has 2 rings (SSSR count).